The van der Waals surface area contributed by atoms with Crippen molar-refractivity contribution in [1.82, 2.24) is 10.2 Å². The van der Waals surface area contributed by atoms with E-state index in [9.17, 15) is 4.79 Å². The van der Waals surface area contributed by atoms with Crippen molar-refractivity contribution >= 4 is 6.09 Å². The molecular formula is C18H34N2O4. The second-order valence-corrected chi connectivity index (χ2v) is 7.80. The van der Waals surface area contributed by atoms with Gasteiger partial charge in [-0.05, 0) is 53.4 Å². The molecule has 0 aromatic heterocycles. The molecule has 140 valence electrons. The molecule has 1 aliphatic heterocycles. The molecule has 1 saturated carbocycles. The average molecular weight is 342 g/mol. The summed E-state index contributed by atoms with van der Waals surface area (Å²) in [6, 6.07) is 0.771. The van der Waals surface area contributed by atoms with Crippen LogP contribution in [-0.4, -0.2) is 67.7 Å². The van der Waals surface area contributed by atoms with Gasteiger partial charge >= 0.3 is 6.09 Å². The van der Waals surface area contributed by atoms with E-state index in [4.69, 9.17) is 14.2 Å². The third kappa shape index (κ3) is 5.33. The number of carbonyl (C=O) groups is 1. The van der Waals surface area contributed by atoms with Crippen LogP contribution in [-0.2, 0) is 14.2 Å². The van der Waals surface area contributed by atoms with Gasteiger partial charge in [-0.3, -0.25) is 0 Å². The second-order valence-electron chi connectivity index (χ2n) is 7.80. The van der Waals surface area contributed by atoms with Crippen molar-refractivity contribution in [3.63, 3.8) is 0 Å². The minimum absolute atomic E-state index is 0.134. The fourth-order valence-electron chi connectivity index (χ4n) is 3.51. The lowest BCUT2D eigenvalue weighted by atomic mass is 9.84. The van der Waals surface area contributed by atoms with Crippen molar-refractivity contribution in [3.05, 3.63) is 0 Å². The van der Waals surface area contributed by atoms with Crippen LogP contribution in [0.4, 0.5) is 4.79 Å². The zero-order chi connectivity index (χ0) is 17.7. The highest BCUT2D eigenvalue weighted by atomic mass is 16.6. The van der Waals surface area contributed by atoms with E-state index in [1.807, 2.05) is 32.6 Å². The van der Waals surface area contributed by atoms with Crippen molar-refractivity contribution in [2.24, 2.45) is 0 Å². The third-order valence-corrected chi connectivity index (χ3v) is 4.73. The number of rotatable bonds is 5. The van der Waals surface area contributed by atoms with E-state index in [0.29, 0.717) is 12.1 Å². The van der Waals surface area contributed by atoms with E-state index in [1.165, 1.54) is 0 Å². The Morgan fingerprint density at radius 1 is 1.25 bits per heavy atom. The maximum atomic E-state index is 12.2. The molecule has 4 unspecified atom stereocenters. The van der Waals surface area contributed by atoms with Crippen LogP contribution in [0.15, 0.2) is 0 Å². The van der Waals surface area contributed by atoms with Gasteiger partial charge in [-0.25, -0.2) is 4.79 Å². The summed E-state index contributed by atoms with van der Waals surface area (Å²) in [6.07, 6.45) is 4.17. The fourth-order valence-corrected chi connectivity index (χ4v) is 3.51. The number of nitrogens with zero attached hydrogens (tertiary/aromatic N) is 1. The molecule has 4 atom stereocenters. The molecule has 6 nitrogen and oxygen atoms in total. The lowest BCUT2D eigenvalue weighted by molar-refractivity contribution is -0.133. The van der Waals surface area contributed by atoms with Crippen molar-refractivity contribution < 1.29 is 19.0 Å². The Morgan fingerprint density at radius 3 is 2.62 bits per heavy atom. The molecule has 0 bridgehead atoms. The van der Waals surface area contributed by atoms with E-state index < -0.39 is 5.60 Å². The summed E-state index contributed by atoms with van der Waals surface area (Å²) in [7, 11) is 1.75. The highest BCUT2D eigenvalue weighted by molar-refractivity contribution is 5.68. The molecule has 1 saturated heterocycles. The Kier molecular flexibility index (Phi) is 6.89. The summed E-state index contributed by atoms with van der Waals surface area (Å²) < 4.78 is 16.8. The Morgan fingerprint density at radius 2 is 2.00 bits per heavy atom. The third-order valence-electron chi connectivity index (χ3n) is 4.73. The maximum Gasteiger partial charge on any atom is 0.410 e. The highest BCUT2D eigenvalue weighted by Crippen LogP contribution is 2.28. The quantitative estimate of drug-likeness (QED) is 0.832. The van der Waals surface area contributed by atoms with Gasteiger partial charge in [0.25, 0.3) is 0 Å². The summed E-state index contributed by atoms with van der Waals surface area (Å²) in [4.78, 5) is 14.1. The SMILES string of the molecule is CCOC1CC(NC2CCCN(C(=O)OC(C)(C)C)CC2)C1OC. The number of hydrogen-bond donors (Lipinski definition) is 1. The normalized spacial score (nSPS) is 31.3. The van der Waals surface area contributed by atoms with Crippen molar-refractivity contribution in [1.29, 1.82) is 0 Å². The van der Waals surface area contributed by atoms with Crippen LogP contribution in [0, 0.1) is 0 Å². The molecule has 0 aromatic rings. The van der Waals surface area contributed by atoms with E-state index >= 15 is 0 Å². The number of nitrogens with one attached hydrogen (secondary N) is 1. The van der Waals surface area contributed by atoms with Crippen LogP contribution in [0.1, 0.15) is 53.4 Å². The first-order valence-electron chi connectivity index (χ1n) is 9.22. The Labute approximate surface area is 146 Å². The zero-order valence-electron chi connectivity index (χ0n) is 15.8. The molecule has 1 amide bonds. The van der Waals surface area contributed by atoms with Crippen LogP contribution in [0.25, 0.3) is 0 Å². The van der Waals surface area contributed by atoms with E-state index in [-0.39, 0.29) is 18.3 Å². The lowest BCUT2D eigenvalue weighted by Gasteiger charge is -2.45. The van der Waals surface area contributed by atoms with Crippen molar-refractivity contribution in [2.45, 2.75) is 83.3 Å². The largest absolute Gasteiger partial charge is 0.444 e. The lowest BCUT2D eigenvalue weighted by Crippen LogP contribution is -2.61. The second kappa shape index (κ2) is 8.50. The summed E-state index contributed by atoms with van der Waals surface area (Å²) in [5.41, 5.74) is -0.438. The maximum absolute atomic E-state index is 12.2. The molecule has 1 N–H and O–H groups in total. The van der Waals surface area contributed by atoms with Crippen LogP contribution >= 0.6 is 0 Å². The van der Waals surface area contributed by atoms with Gasteiger partial charge in [-0.1, -0.05) is 0 Å². The first-order valence-corrected chi connectivity index (χ1v) is 9.22. The van der Waals surface area contributed by atoms with Gasteiger partial charge in [0.2, 0.25) is 0 Å². The molecule has 2 rings (SSSR count). The molecule has 1 heterocycles. The van der Waals surface area contributed by atoms with Gasteiger partial charge < -0.3 is 24.4 Å². The number of methoxy groups -OCH3 is 1. The van der Waals surface area contributed by atoms with Crippen molar-refractivity contribution in [3.8, 4) is 0 Å². The molecule has 0 aromatic carbocycles. The minimum Gasteiger partial charge on any atom is -0.444 e. The molecule has 24 heavy (non-hydrogen) atoms. The van der Waals surface area contributed by atoms with Gasteiger partial charge in [0, 0.05) is 38.9 Å². The molecule has 2 aliphatic rings. The Balaban J connectivity index is 1.78. The molecular weight excluding hydrogens is 308 g/mol. The van der Waals surface area contributed by atoms with Gasteiger partial charge in [0.05, 0.1) is 12.2 Å². The van der Waals surface area contributed by atoms with Crippen LogP contribution in [0.2, 0.25) is 0 Å². The summed E-state index contributed by atoms with van der Waals surface area (Å²) in [5, 5.41) is 3.71. The zero-order valence-corrected chi connectivity index (χ0v) is 15.8. The van der Waals surface area contributed by atoms with E-state index in [2.05, 4.69) is 5.32 Å². The molecule has 1 aliphatic carbocycles. The Hall–Kier alpha value is -0.850. The van der Waals surface area contributed by atoms with Gasteiger partial charge in [0.15, 0.2) is 0 Å². The molecule has 2 fully saturated rings. The minimum atomic E-state index is -0.438. The summed E-state index contributed by atoms with van der Waals surface area (Å²) >= 11 is 0. The number of hydrogen-bond acceptors (Lipinski definition) is 5. The first-order chi connectivity index (χ1) is 11.3. The number of ether oxygens (including phenoxy) is 3. The smallest absolute Gasteiger partial charge is 0.410 e. The monoisotopic (exact) mass is 342 g/mol. The summed E-state index contributed by atoms with van der Waals surface area (Å²) in [5.74, 6) is 0. The van der Waals surface area contributed by atoms with Crippen LogP contribution in [0.3, 0.4) is 0 Å². The van der Waals surface area contributed by atoms with Gasteiger partial charge in [-0.2, -0.15) is 0 Å². The van der Waals surface area contributed by atoms with Gasteiger partial charge in [0.1, 0.15) is 5.60 Å². The highest BCUT2D eigenvalue weighted by Gasteiger charge is 2.43. The standard InChI is InChI=1S/C18H34N2O4/c1-6-23-15-12-14(16(15)22-5)19-13-8-7-10-20(11-9-13)17(21)24-18(2,3)4/h13-16,19H,6-12H2,1-5H3. The predicted molar refractivity (Wildman–Crippen MR) is 93.2 cm³/mol. The fraction of sp³-hybridized carbons (Fsp3) is 0.944. The molecule has 6 heteroatoms. The average Bonchev–Trinajstić information content (AvgIpc) is 2.70. The first kappa shape index (κ1) is 19.5. The number of carbonyl (C=O) groups excluding carboxylic acids is 1. The van der Waals surface area contributed by atoms with Crippen LogP contribution in [0.5, 0.6) is 0 Å². The molecule has 0 radical (unpaired) electrons. The van der Waals surface area contributed by atoms with Crippen molar-refractivity contribution in [2.75, 3.05) is 26.8 Å². The Bertz CT molecular complexity index is 410. The van der Waals surface area contributed by atoms with E-state index in [1.54, 1.807) is 7.11 Å². The van der Waals surface area contributed by atoms with Gasteiger partial charge in [-0.15, -0.1) is 0 Å². The number of likely N-dealkylation sites (tertiary alicyclic amines) is 1. The molecule has 0 spiro atoms. The topological polar surface area (TPSA) is 60.0 Å². The van der Waals surface area contributed by atoms with E-state index in [0.717, 1.165) is 45.4 Å². The number of amides is 1. The summed E-state index contributed by atoms with van der Waals surface area (Å²) in [6.45, 7) is 9.98. The van der Waals surface area contributed by atoms with Crippen LogP contribution < -0.4 is 5.32 Å². The predicted octanol–water partition coefficient (Wildman–Crippen LogP) is 2.56.